The van der Waals surface area contributed by atoms with Gasteiger partial charge in [0, 0.05) is 17.1 Å². The minimum Gasteiger partial charge on any atom is -0.506 e. The summed E-state index contributed by atoms with van der Waals surface area (Å²) in [6, 6.07) is 11.9. The number of aromatic hydroxyl groups is 1. The van der Waals surface area contributed by atoms with Crippen molar-refractivity contribution in [1.82, 2.24) is 0 Å². The number of rotatable bonds is 3. The maximum atomic E-state index is 11.0. The van der Waals surface area contributed by atoms with Gasteiger partial charge in [-0.3, -0.25) is 4.79 Å². The molecule has 102 valence electrons. The van der Waals surface area contributed by atoms with Crippen molar-refractivity contribution < 1.29 is 9.90 Å². The smallest absolute Gasteiger partial charge is 0.221 e. The van der Waals surface area contributed by atoms with E-state index in [1.54, 1.807) is 24.3 Å². The Hall–Kier alpha value is -2.21. The van der Waals surface area contributed by atoms with E-state index in [0.717, 1.165) is 4.47 Å². The van der Waals surface area contributed by atoms with Crippen molar-refractivity contribution in [2.24, 2.45) is 10.2 Å². The molecule has 0 spiro atoms. The number of phenolic OH excluding ortho intramolecular Hbond substituents is 1. The zero-order valence-electron chi connectivity index (χ0n) is 10.7. The summed E-state index contributed by atoms with van der Waals surface area (Å²) in [4.78, 5) is 11.0. The fourth-order valence-corrected chi connectivity index (χ4v) is 1.77. The first-order chi connectivity index (χ1) is 9.54. The maximum Gasteiger partial charge on any atom is 0.221 e. The van der Waals surface area contributed by atoms with Crippen LogP contribution < -0.4 is 5.32 Å². The van der Waals surface area contributed by atoms with Gasteiger partial charge in [-0.15, -0.1) is 5.11 Å². The Morgan fingerprint density at radius 1 is 1.15 bits per heavy atom. The molecule has 0 radical (unpaired) electrons. The van der Waals surface area contributed by atoms with Gasteiger partial charge in [0.15, 0.2) is 0 Å². The number of azo groups is 1. The predicted molar refractivity (Wildman–Crippen MR) is 80.7 cm³/mol. The SMILES string of the molecule is CC(=O)Nc1ccc(O)c(N=Nc2ccc(Br)cc2)c1. The second-order valence-electron chi connectivity index (χ2n) is 4.06. The summed E-state index contributed by atoms with van der Waals surface area (Å²) in [6.07, 6.45) is 0. The molecule has 0 aromatic heterocycles. The second-order valence-corrected chi connectivity index (χ2v) is 4.98. The Morgan fingerprint density at radius 2 is 1.85 bits per heavy atom. The molecule has 6 heteroatoms. The second kappa shape index (κ2) is 6.29. The number of benzene rings is 2. The number of carbonyl (C=O) groups excluding carboxylic acids is 1. The van der Waals surface area contributed by atoms with Crippen LogP contribution in [0.15, 0.2) is 57.2 Å². The fourth-order valence-electron chi connectivity index (χ4n) is 1.50. The Morgan fingerprint density at radius 3 is 2.50 bits per heavy atom. The zero-order valence-corrected chi connectivity index (χ0v) is 12.3. The molecule has 0 aliphatic rings. The third-order valence-electron chi connectivity index (χ3n) is 2.40. The van der Waals surface area contributed by atoms with Crippen LogP contribution in [0.5, 0.6) is 5.75 Å². The van der Waals surface area contributed by atoms with Crippen molar-refractivity contribution in [2.75, 3.05) is 5.32 Å². The monoisotopic (exact) mass is 333 g/mol. The Bertz CT molecular complexity index is 654. The van der Waals surface area contributed by atoms with Crippen LogP contribution in [-0.2, 0) is 4.79 Å². The van der Waals surface area contributed by atoms with Gasteiger partial charge in [0.1, 0.15) is 11.4 Å². The number of anilines is 1. The van der Waals surface area contributed by atoms with Crippen LogP contribution in [0, 0.1) is 0 Å². The number of amides is 1. The van der Waals surface area contributed by atoms with Crippen molar-refractivity contribution >= 4 is 38.9 Å². The molecule has 0 aliphatic heterocycles. The molecule has 0 aliphatic carbocycles. The molecule has 0 unspecified atom stereocenters. The van der Waals surface area contributed by atoms with Crippen LogP contribution in [-0.4, -0.2) is 11.0 Å². The highest BCUT2D eigenvalue weighted by molar-refractivity contribution is 9.10. The zero-order chi connectivity index (χ0) is 14.5. The Balaban J connectivity index is 2.23. The van der Waals surface area contributed by atoms with Gasteiger partial charge < -0.3 is 10.4 Å². The topological polar surface area (TPSA) is 74.0 Å². The van der Waals surface area contributed by atoms with Gasteiger partial charge in [-0.05, 0) is 42.5 Å². The van der Waals surface area contributed by atoms with Gasteiger partial charge in [0.2, 0.25) is 5.91 Å². The third kappa shape index (κ3) is 3.89. The number of nitrogens with one attached hydrogen (secondary N) is 1. The van der Waals surface area contributed by atoms with Crippen LogP contribution in [0.3, 0.4) is 0 Å². The molecule has 2 N–H and O–H groups in total. The summed E-state index contributed by atoms with van der Waals surface area (Å²) < 4.78 is 0.951. The fraction of sp³-hybridized carbons (Fsp3) is 0.0714. The van der Waals surface area contributed by atoms with Crippen LogP contribution in [0.25, 0.3) is 0 Å². The van der Waals surface area contributed by atoms with Crippen molar-refractivity contribution in [2.45, 2.75) is 6.92 Å². The molecule has 5 nitrogen and oxygen atoms in total. The molecule has 0 bridgehead atoms. The highest BCUT2D eigenvalue weighted by Crippen LogP contribution is 2.31. The molecule has 2 rings (SSSR count). The Labute approximate surface area is 124 Å². The van der Waals surface area contributed by atoms with Gasteiger partial charge in [-0.25, -0.2) is 0 Å². The van der Waals surface area contributed by atoms with Crippen LogP contribution in [0.1, 0.15) is 6.92 Å². The number of nitrogens with zero attached hydrogens (tertiary/aromatic N) is 2. The normalized spacial score (nSPS) is 10.7. The molecule has 0 heterocycles. The summed E-state index contributed by atoms with van der Waals surface area (Å²) in [7, 11) is 0. The molecular formula is C14H12BrN3O2. The molecule has 0 saturated carbocycles. The van der Waals surface area contributed by atoms with Gasteiger partial charge in [0.25, 0.3) is 0 Å². The van der Waals surface area contributed by atoms with Gasteiger partial charge in [-0.1, -0.05) is 15.9 Å². The summed E-state index contributed by atoms with van der Waals surface area (Å²) in [5.41, 5.74) is 1.51. The van der Waals surface area contributed by atoms with E-state index in [-0.39, 0.29) is 11.7 Å². The van der Waals surface area contributed by atoms with E-state index in [4.69, 9.17) is 0 Å². The minimum absolute atomic E-state index is 0.0000336. The summed E-state index contributed by atoms with van der Waals surface area (Å²) in [5, 5.41) is 20.3. The van der Waals surface area contributed by atoms with Gasteiger partial charge in [-0.2, -0.15) is 5.11 Å². The van der Waals surface area contributed by atoms with E-state index >= 15 is 0 Å². The number of hydrogen-bond donors (Lipinski definition) is 2. The lowest BCUT2D eigenvalue weighted by molar-refractivity contribution is -0.114. The summed E-state index contributed by atoms with van der Waals surface area (Å²) in [6.45, 7) is 1.41. The van der Waals surface area contributed by atoms with Crippen LogP contribution in [0.4, 0.5) is 17.1 Å². The maximum absolute atomic E-state index is 11.0. The lowest BCUT2D eigenvalue weighted by Crippen LogP contribution is -2.05. The molecule has 0 fully saturated rings. The van der Waals surface area contributed by atoms with Crippen molar-refractivity contribution in [3.63, 3.8) is 0 Å². The number of hydrogen-bond acceptors (Lipinski definition) is 4. The number of carbonyl (C=O) groups is 1. The highest BCUT2D eigenvalue weighted by Gasteiger charge is 2.03. The first-order valence-electron chi connectivity index (χ1n) is 5.82. The molecule has 1 amide bonds. The lowest BCUT2D eigenvalue weighted by Gasteiger charge is -2.04. The van der Waals surface area contributed by atoms with Crippen molar-refractivity contribution in [1.29, 1.82) is 0 Å². The average Bonchev–Trinajstić information content (AvgIpc) is 2.40. The lowest BCUT2D eigenvalue weighted by atomic mass is 10.2. The van der Waals surface area contributed by atoms with E-state index in [1.165, 1.54) is 13.0 Å². The summed E-state index contributed by atoms with van der Waals surface area (Å²) >= 11 is 3.33. The van der Waals surface area contributed by atoms with Gasteiger partial charge in [0.05, 0.1) is 5.69 Å². The quantitative estimate of drug-likeness (QED) is 0.639. The predicted octanol–water partition coefficient (Wildman–Crippen LogP) is 4.53. The van der Waals surface area contributed by atoms with Crippen molar-refractivity contribution in [3.8, 4) is 5.75 Å². The standard InChI is InChI=1S/C14H12BrN3O2/c1-9(19)16-12-6-7-14(20)13(8-12)18-17-11-4-2-10(15)3-5-11/h2-8,20H,1H3,(H,16,19). The minimum atomic E-state index is -0.188. The Kier molecular flexibility index (Phi) is 4.47. The first-order valence-corrected chi connectivity index (χ1v) is 6.62. The molecular weight excluding hydrogens is 322 g/mol. The van der Waals surface area contributed by atoms with E-state index in [1.807, 2.05) is 12.1 Å². The largest absolute Gasteiger partial charge is 0.506 e. The molecule has 0 atom stereocenters. The first kappa shape index (κ1) is 14.2. The molecule has 2 aromatic rings. The van der Waals surface area contributed by atoms with Gasteiger partial charge >= 0.3 is 0 Å². The van der Waals surface area contributed by atoms with Crippen LogP contribution in [0.2, 0.25) is 0 Å². The van der Waals surface area contributed by atoms with E-state index in [9.17, 15) is 9.90 Å². The van der Waals surface area contributed by atoms with Crippen molar-refractivity contribution in [3.05, 3.63) is 46.9 Å². The molecule has 2 aromatic carbocycles. The van der Waals surface area contributed by atoms with Crippen LogP contribution >= 0.6 is 15.9 Å². The van der Waals surface area contributed by atoms with E-state index in [0.29, 0.717) is 17.1 Å². The third-order valence-corrected chi connectivity index (χ3v) is 2.92. The summed E-state index contributed by atoms with van der Waals surface area (Å²) in [5.74, 6) is -0.188. The molecule has 20 heavy (non-hydrogen) atoms. The van der Waals surface area contributed by atoms with E-state index < -0.39 is 0 Å². The van der Waals surface area contributed by atoms with E-state index in [2.05, 4.69) is 31.5 Å². The molecule has 0 saturated heterocycles. The average molecular weight is 334 g/mol. The highest BCUT2D eigenvalue weighted by atomic mass is 79.9. The number of phenols is 1. The number of halogens is 1.